The van der Waals surface area contributed by atoms with E-state index in [4.69, 9.17) is 15.0 Å². The van der Waals surface area contributed by atoms with Gasteiger partial charge in [0.1, 0.15) is 5.75 Å². The molecule has 0 amide bonds. The first-order chi connectivity index (χ1) is 8.11. The molecular formula is C12H15N3O2. The molecule has 1 atom stereocenters. The van der Waals surface area contributed by atoms with Crippen LogP contribution in [-0.4, -0.2) is 17.3 Å². The van der Waals surface area contributed by atoms with Crippen LogP contribution in [0.3, 0.4) is 0 Å². The molecule has 5 heteroatoms. The van der Waals surface area contributed by atoms with Crippen LogP contribution in [0.1, 0.15) is 24.4 Å². The third-order valence-corrected chi connectivity index (χ3v) is 2.48. The lowest BCUT2D eigenvalue weighted by Gasteiger charge is -2.04. The van der Waals surface area contributed by atoms with Gasteiger partial charge in [0, 0.05) is 5.56 Å². The smallest absolute Gasteiger partial charge is 0.243 e. The third-order valence-electron chi connectivity index (χ3n) is 2.48. The second-order valence-corrected chi connectivity index (χ2v) is 3.93. The lowest BCUT2D eigenvalue weighted by Crippen LogP contribution is -2.04. The molecule has 2 aromatic rings. The van der Waals surface area contributed by atoms with Crippen molar-refractivity contribution >= 4 is 0 Å². The highest BCUT2D eigenvalue weighted by Gasteiger charge is 2.12. The van der Waals surface area contributed by atoms with E-state index in [1.807, 2.05) is 25.1 Å². The quantitative estimate of drug-likeness (QED) is 0.878. The van der Waals surface area contributed by atoms with Crippen molar-refractivity contribution < 1.29 is 9.26 Å². The summed E-state index contributed by atoms with van der Waals surface area (Å²) >= 11 is 0. The van der Waals surface area contributed by atoms with Crippen LogP contribution in [0.4, 0.5) is 0 Å². The van der Waals surface area contributed by atoms with Crippen molar-refractivity contribution in [3.05, 3.63) is 29.7 Å². The van der Waals surface area contributed by atoms with Crippen LogP contribution in [0.25, 0.3) is 11.4 Å². The Kier molecular flexibility index (Phi) is 3.10. The Bertz CT molecular complexity index is 520. The van der Waals surface area contributed by atoms with Gasteiger partial charge in [0.2, 0.25) is 11.7 Å². The monoisotopic (exact) mass is 233 g/mol. The molecule has 1 heterocycles. The van der Waals surface area contributed by atoms with Crippen LogP contribution in [0.15, 0.2) is 22.7 Å². The summed E-state index contributed by atoms with van der Waals surface area (Å²) in [6.45, 7) is 3.77. The summed E-state index contributed by atoms with van der Waals surface area (Å²) in [6, 6.07) is 5.47. The summed E-state index contributed by atoms with van der Waals surface area (Å²) in [5.74, 6) is 1.82. The fraction of sp³-hybridized carbons (Fsp3) is 0.333. The van der Waals surface area contributed by atoms with Gasteiger partial charge < -0.3 is 15.0 Å². The lowest BCUT2D eigenvalue weighted by atomic mass is 10.1. The first-order valence-electron chi connectivity index (χ1n) is 5.36. The van der Waals surface area contributed by atoms with Crippen LogP contribution in [0.2, 0.25) is 0 Å². The normalized spacial score (nSPS) is 12.5. The zero-order valence-corrected chi connectivity index (χ0v) is 10.1. The standard InChI is InChI=1S/C12H15N3O2/c1-7-6-9(4-5-10(7)16-3)11-14-12(8(2)13)17-15-11/h4-6,8H,13H2,1-3H3/t8-/m1/s1. The molecule has 0 saturated heterocycles. The fourth-order valence-electron chi connectivity index (χ4n) is 1.55. The van der Waals surface area contributed by atoms with Gasteiger partial charge in [0.25, 0.3) is 0 Å². The van der Waals surface area contributed by atoms with Crippen LogP contribution >= 0.6 is 0 Å². The van der Waals surface area contributed by atoms with Gasteiger partial charge in [0.05, 0.1) is 13.2 Å². The molecule has 17 heavy (non-hydrogen) atoms. The Morgan fingerprint density at radius 1 is 1.41 bits per heavy atom. The second-order valence-electron chi connectivity index (χ2n) is 3.93. The van der Waals surface area contributed by atoms with Crippen molar-refractivity contribution in [3.63, 3.8) is 0 Å². The van der Waals surface area contributed by atoms with Gasteiger partial charge in [-0.25, -0.2) is 0 Å². The van der Waals surface area contributed by atoms with Crippen LogP contribution < -0.4 is 10.5 Å². The summed E-state index contributed by atoms with van der Waals surface area (Å²) in [5.41, 5.74) is 7.58. The second kappa shape index (κ2) is 4.55. The Morgan fingerprint density at radius 2 is 2.18 bits per heavy atom. The Balaban J connectivity index is 2.36. The molecule has 0 aliphatic heterocycles. The van der Waals surface area contributed by atoms with Crippen molar-refractivity contribution in [1.82, 2.24) is 10.1 Å². The number of nitrogens with zero attached hydrogens (tertiary/aromatic N) is 2. The molecule has 90 valence electrons. The SMILES string of the molecule is COc1ccc(-c2noc([C@@H](C)N)n2)cc1C. The van der Waals surface area contributed by atoms with Gasteiger partial charge in [-0.05, 0) is 37.6 Å². The van der Waals surface area contributed by atoms with Gasteiger partial charge in [-0.1, -0.05) is 5.16 Å². The van der Waals surface area contributed by atoms with Gasteiger partial charge in [0.15, 0.2) is 0 Å². The van der Waals surface area contributed by atoms with Crippen molar-refractivity contribution in [1.29, 1.82) is 0 Å². The molecule has 1 aromatic carbocycles. The van der Waals surface area contributed by atoms with E-state index in [1.54, 1.807) is 14.0 Å². The number of hydrogen-bond donors (Lipinski definition) is 1. The van der Waals surface area contributed by atoms with E-state index in [0.717, 1.165) is 16.9 Å². The molecule has 0 aliphatic carbocycles. The number of aromatic nitrogens is 2. The molecule has 0 unspecified atom stereocenters. The van der Waals surface area contributed by atoms with Crippen molar-refractivity contribution in [3.8, 4) is 17.1 Å². The van der Waals surface area contributed by atoms with E-state index in [0.29, 0.717) is 11.7 Å². The topological polar surface area (TPSA) is 74.2 Å². The van der Waals surface area contributed by atoms with E-state index in [2.05, 4.69) is 10.1 Å². The molecule has 0 fully saturated rings. The number of ether oxygens (including phenoxy) is 1. The van der Waals surface area contributed by atoms with Crippen LogP contribution in [0.5, 0.6) is 5.75 Å². The van der Waals surface area contributed by atoms with E-state index in [-0.39, 0.29) is 6.04 Å². The minimum absolute atomic E-state index is 0.254. The van der Waals surface area contributed by atoms with Crippen LogP contribution in [0, 0.1) is 6.92 Å². The van der Waals surface area contributed by atoms with Crippen molar-refractivity contribution in [2.24, 2.45) is 5.73 Å². The number of benzene rings is 1. The number of aryl methyl sites for hydroxylation is 1. The van der Waals surface area contributed by atoms with Crippen LogP contribution in [-0.2, 0) is 0 Å². The highest BCUT2D eigenvalue weighted by atomic mass is 16.5. The largest absolute Gasteiger partial charge is 0.496 e. The molecule has 0 radical (unpaired) electrons. The van der Waals surface area contributed by atoms with E-state index in [9.17, 15) is 0 Å². The first kappa shape index (κ1) is 11.6. The molecule has 1 aromatic heterocycles. The highest BCUT2D eigenvalue weighted by Crippen LogP contribution is 2.24. The predicted molar refractivity (Wildman–Crippen MR) is 63.6 cm³/mol. The molecule has 0 aliphatic rings. The Labute approximate surface area is 99.6 Å². The van der Waals surface area contributed by atoms with Crippen molar-refractivity contribution in [2.45, 2.75) is 19.9 Å². The number of methoxy groups -OCH3 is 1. The molecule has 2 rings (SSSR count). The third kappa shape index (κ3) is 2.29. The van der Waals surface area contributed by atoms with E-state index >= 15 is 0 Å². The first-order valence-corrected chi connectivity index (χ1v) is 5.36. The van der Waals surface area contributed by atoms with Gasteiger partial charge in [-0.15, -0.1) is 0 Å². The maximum absolute atomic E-state index is 5.66. The number of hydrogen-bond acceptors (Lipinski definition) is 5. The highest BCUT2D eigenvalue weighted by molar-refractivity contribution is 5.58. The average Bonchev–Trinajstić information content (AvgIpc) is 2.78. The summed E-state index contributed by atoms with van der Waals surface area (Å²) in [7, 11) is 1.64. The Hall–Kier alpha value is -1.88. The molecule has 0 saturated carbocycles. The molecule has 5 nitrogen and oxygen atoms in total. The minimum Gasteiger partial charge on any atom is -0.496 e. The van der Waals surface area contributed by atoms with Crippen molar-refractivity contribution in [2.75, 3.05) is 7.11 Å². The lowest BCUT2D eigenvalue weighted by molar-refractivity contribution is 0.362. The summed E-state index contributed by atoms with van der Waals surface area (Å²) in [4.78, 5) is 4.23. The molecule has 0 spiro atoms. The maximum Gasteiger partial charge on any atom is 0.243 e. The zero-order chi connectivity index (χ0) is 12.4. The van der Waals surface area contributed by atoms with Gasteiger partial charge in [-0.2, -0.15) is 4.98 Å². The Morgan fingerprint density at radius 3 is 2.71 bits per heavy atom. The van der Waals surface area contributed by atoms with E-state index in [1.165, 1.54) is 0 Å². The van der Waals surface area contributed by atoms with Gasteiger partial charge >= 0.3 is 0 Å². The summed E-state index contributed by atoms with van der Waals surface area (Å²) in [6.07, 6.45) is 0. The minimum atomic E-state index is -0.254. The number of nitrogens with two attached hydrogens (primary N) is 1. The number of rotatable bonds is 3. The van der Waals surface area contributed by atoms with E-state index < -0.39 is 0 Å². The zero-order valence-electron chi connectivity index (χ0n) is 10.1. The summed E-state index contributed by atoms with van der Waals surface area (Å²) < 4.78 is 10.3. The molecule has 0 bridgehead atoms. The predicted octanol–water partition coefficient (Wildman–Crippen LogP) is 2.07. The average molecular weight is 233 g/mol. The van der Waals surface area contributed by atoms with Gasteiger partial charge in [-0.3, -0.25) is 0 Å². The fourth-order valence-corrected chi connectivity index (χ4v) is 1.55. The molecule has 2 N–H and O–H groups in total. The molecular weight excluding hydrogens is 218 g/mol. The maximum atomic E-state index is 5.66. The summed E-state index contributed by atoms with van der Waals surface area (Å²) in [5, 5.41) is 3.90.